The number of aromatic nitrogens is 2. The molecule has 0 radical (unpaired) electrons. The zero-order valence-electron chi connectivity index (χ0n) is 18.1. The third kappa shape index (κ3) is 5.85. The van der Waals surface area contributed by atoms with Crippen LogP contribution in [0.25, 0.3) is 0 Å². The predicted octanol–water partition coefficient (Wildman–Crippen LogP) is 3.67. The molecule has 0 fully saturated rings. The van der Waals surface area contributed by atoms with Crippen molar-refractivity contribution in [3.05, 3.63) is 46.9 Å². The lowest BCUT2D eigenvalue weighted by atomic mass is 9.90. The summed E-state index contributed by atoms with van der Waals surface area (Å²) < 4.78 is 27.2. The van der Waals surface area contributed by atoms with Crippen molar-refractivity contribution in [1.82, 2.24) is 14.7 Å². The molecule has 0 aliphatic rings. The Morgan fingerprint density at radius 2 is 1.63 bits per heavy atom. The fourth-order valence-electron chi connectivity index (χ4n) is 3.05. The van der Waals surface area contributed by atoms with Gasteiger partial charge in [-0.05, 0) is 42.9 Å². The van der Waals surface area contributed by atoms with E-state index in [1.54, 1.807) is 0 Å². The Morgan fingerprint density at radius 1 is 1.07 bits per heavy atom. The fourth-order valence-corrected chi connectivity index (χ4v) is 3.91. The van der Waals surface area contributed by atoms with Gasteiger partial charge in [0.2, 0.25) is 0 Å². The van der Waals surface area contributed by atoms with Gasteiger partial charge in [-0.1, -0.05) is 45.4 Å². The van der Waals surface area contributed by atoms with E-state index >= 15 is 0 Å². The van der Waals surface area contributed by atoms with Crippen LogP contribution in [0.3, 0.4) is 0 Å². The predicted molar refractivity (Wildman–Crippen MR) is 115 cm³/mol. The Kier molecular flexibility index (Phi) is 7.30. The van der Waals surface area contributed by atoms with Crippen LogP contribution in [0.2, 0.25) is 0 Å². The molecule has 2 aromatic rings. The Hall–Kier alpha value is -2.81. The van der Waals surface area contributed by atoms with E-state index in [0.717, 1.165) is 16.7 Å². The summed E-state index contributed by atoms with van der Waals surface area (Å²) in [6.45, 7) is 11.4. The third-order valence-electron chi connectivity index (χ3n) is 4.42. The number of sulfonamides is 1. The van der Waals surface area contributed by atoms with Crippen LogP contribution in [0, 0.1) is 6.92 Å². The second-order valence-electron chi connectivity index (χ2n) is 7.88. The third-order valence-corrected chi connectivity index (χ3v) is 5.65. The minimum absolute atomic E-state index is 0.0773. The number of aryl methyl sites for hydroxylation is 1. The van der Waals surface area contributed by atoms with Crippen molar-refractivity contribution in [3.8, 4) is 0 Å². The minimum Gasteiger partial charge on any atom is -0.307 e. The van der Waals surface area contributed by atoms with Gasteiger partial charge in [0.05, 0.1) is 6.42 Å². The average molecular weight is 433 g/mol. The highest BCUT2D eigenvalue weighted by molar-refractivity contribution is 7.90. The number of urea groups is 1. The van der Waals surface area contributed by atoms with Crippen molar-refractivity contribution >= 4 is 27.5 Å². The van der Waals surface area contributed by atoms with Gasteiger partial charge in [0, 0.05) is 11.9 Å². The van der Waals surface area contributed by atoms with Crippen molar-refractivity contribution in [2.24, 2.45) is 0 Å². The van der Waals surface area contributed by atoms with Gasteiger partial charge in [-0.3, -0.25) is 4.79 Å². The molecule has 0 saturated carbocycles. The van der Waals surface area contributed by atoms with Crippen molar-refractivity contribution in [3.63, 3.8) is 0 Å². The first-order valence-corrected chi connectivity index (χ1v) is 11.2. The number of carbonyl (C=O) groups excluding carboxylic acids is 2. The van der Waals surface area contributed by atoms with E-state index in [-0.39, 0.29) is 34.9 Å². The van der Waals surface area contributed by atoms with Crippen LogP contribution >= 0.6 is 0 Å². The number of rotatable bonds is 7. The number of hydrogen-bond acceptors (Lipinski definition) is 6. The van der Waals surface area contributed by atoms with E-state index in [9.17, 15) is 18.0 Å². The van der Waals surface area contributed by atoms with Crippen LogP contribution < -0.4 is 10.0 Å². The number of anilines is 1. The van der Waals surface area contributed by atoms with Gasteiger partial charge in [0.1, 0.15) is 11.6 Å². The fraction of sp³-hybridized carbons (Fsp3) is 0.429. The molecule has 1 aromatic heterocycles. The number of carbonyl (C=O) groups is 2. The monoisotopic (exact) mass is 432 g/mol. The van der Waals surface area contributed by atoms with Gasteiger partial charge in [0.25, 0.3) is 10.0 Å². The molecule has 9 heteroatoms. The van der Waals surface area contributed by atoms with Crippen LogP contribution in [0.5, 0.6) is 0 Å². The summed E-state index contributed by atoms with van der Waals surface area (Å²) in [4.78, 5) is 31.6. The molecule has 2 N–H and O–H groups in total. The largest absolute Gasteiger partial charge is 0.333 e. The summed E-state index contributed by atoms with van der Waals surface area (Å²) >= 11 is 0. The Balaban J connectivity index is 2.32. The van der Waals surface area contributed by atoms with E-state index < -0.39 is 16.1 Å². The van der Waals surface area contributed by atoms with Crippen molar-refractivity contribution < 1.29 is 18.0 Å². The molecule has 0 spiro atoms. The molecule has 0 saturated heterocycles. The zero-order valence-corrected chi connectivity index (χ0v) is 18.9. The Labute approximate surface area is 177 Å². The number of Topliss-reactive ketones (excluding diaryl/α,β-unsaturated/α-hetero) is 1. The standard InChI is InChI=1S/C21H28N4O4S/c1-12(2)16-9-14(5)10-17(13(3)4)20(16)24-21(27)25-30(28,29)19-7-8-22-18(23-19)11-15(6)26/h7-10,12-13H,11H2,1-6H3,(H2,24,25,27). The van der Waals surface area contributed by atoms with E-state index in [4.69, 9.17) is 0 Å². The normalized spacial score (nSPS) is 11.6. The highest BCUT2D eigenvalue weighted by Crippen LogP contribution is 2.33. The van der Waals surface area contributed by atoms with Gasteiger partial charge in [0.15, 0.2) is 5.03 Å². The highest BCUT2D eigenvalue weighted by Gasteiger charge is 2.23. The molecule has 8 nitrogen and oxygen atoms in total. The van der Waals surface area contributed by atoms with Gasteiger partial charge in [-0.2, -0.15) is 8.42 Å². The van der Waals surface area contributed by atoms with Gasteiger partial charge in [-0.15, -0.1) is 0 Å². The number of nitrogens with zero attached hydrogens (tertiary/aromatic N) is 2. The summed E-state index contributed by atoms with van der Waals surface area (Å²) in [5.41, 5.74) is 3.53. The van der Waals surface area contributed by atoms with Crippen LogP contribution in [0.15, 0.2) is 29.4 Å². The Morgan fingerprint density at radius 3 is 2.13 bits per heavy atom. The lowest BCUT2D eigenvalue weighted by Gasteiger charge is -2.21. The summed E-state index contributed by atoms with van der Waals surface area (Å²) in [7, 11) is -4.24. The maximum Gasteiger partial charge on any atom is 0.333 e. The van der Waals surface area contributed by atoms with Crippen LogP contribution in [-0.2, 0) is 21.2 Å². The number of ketones is 1. The lowest BCUT2D eigenvalue weighted by Crippen LogP contribution is -2.35. The van der Waals surface area contributed by atoms with E-state index in [1.807, 2.05) is 51.5 Å². The van der Waals surface area contributed by atoms with Gasteiger partial charge >= 0.3 is 6.03 Å². The molecule has 0 bridgehead atoms. The molecule has 0 unspecified atom stereocenters. The lowest BCUT2D eigenvalue weighted by molar-refractivity contribution is -0.116. The number of nitrogens with one attached hydrogen (secondary N) is 2. The zero-order chi connectivity index (χ0) is 22.6. The van der Waals surface area contributed by atoms with Crippen molar-refractivity contribution in [2.75, 3.05) is 5.32 Å². The van der Waals surface area contributed by atoms with Crippen molar-refractivity contribution in [1.29, 1.82) is 0 Å². The molecule has 0 aliphatic carbocycles. The number of benzene rings is 1. The molecule has 30 heavy (non-hydrogen) atoms. The molecule has 1 heterocycles. The first kappa shape index (κ1) is 23.5. The summed E-state index contributed by atoms with van der Waals surface area (Å²) in [6.07, 6.45) is 1.15. The minimum atomic E-state index is -4.24. The molecular weight excluding hydrogens is 404 g/mol. The summed E-state index contributed by atoms with van der Waals surface area (Å²) in [6, 6.07) is 4.26. The molecule has 162 valence electrons. The highest BCUT2D eigenvalue weighted by atomic mass is 32.2. The van der Waals surface area contributed by atoms with Crippen molar-refractivity contribution in [2.45, 2.75) is 64.8 Å². The number of hydrogen-bond donors (Lipinski definition) is 2. The van der Waals surface area contributed by atoms with Crippen LogP contribution in [0.4, 0.5) is 10.5 Å². The molecule has 0 atom stereocenters. The average Bonchev–Trinajstić information content (AvgIpc) is 2.61. The second kappa shape index (κ2) is 9.34. The summed E-state index contributed by atoms with van der Waals surface area (Å²) in [5, 5.41) is 2.34. The van der Waals surface area contributed by atoms with Gasteiger partial charge < -0.3 is 5.32 Å². The van der Waals surface area contributed by atoms with Crippen LogP contribution in [0.1, 0.15) is 69.0 Å². The molecular formula is C21H28N4O4S. The maximum absolute atomic E-state index is 12.6. The Bertz CT molecular complexity index is 1030. The molecule has 0 aliphatic heterocycles. The van der Waals surface area contributed by atoms with E-state index in [0.29, 0.717) is 5.69 Å². The first-order valence-electron chi connectivity index (χ1n) is 9.70. The van der Waals surface area contributed by atoms with E-state index in [1.165, 1.54) is 19.2 Å². The molecule has 2 amide bonds. The van der Waals surface area contributed by atoms with Crippen LogP contribution in [-0.4, -0.2) is 30.2 Å². The van der Waals surface area contributed by atoms with E-state index in [2.05, 4.69) is 15.3 Å². The summed E-state index contributed by atoms with van der Waals surface area (Å²) in [5.74, 6) is 0.140. The van der Waals surface area contributed by atoms with Gasteiger partial charge in [-0.25, -0.2) is 19.5 Å². The quantitative estimate of drug-likeness (QED) is 0.645. The topological polar surface area (TPSA) is 118 Å². The SMILES string of the molecule is CC(=O)Cc1nccc(S(=O)(=O)NC(=O)Nc2c(C(C)C)cc(C)cc2C(C)C)n1. The maximum atomic E-state index is 12.6. The number of amides is 2. The first-order chi connectivity index (χ1) is 13.9. The molecule has 1 aromatic carbocycles. The molecule has 2 rings (SSSR count). The smallest absolute Gasteiger partial charge is 0.307 e. The second-order valence-corrected chi connectivity index (χ2v) is 9.51.